The molecule has 3 atom stereocenters. The van der Waals surface area contributed by atoms with Crippen molar-refractivity contribution in [1.82, 2.24) is 19.9 Å². The zero-order valence-corrected chi connectivity index (χ0v) is 27.1. The van der Waals surface area contributed by atoms with E-state index in [0.717, 1.165) is 62.9 Å². The third kappa shape index (κ3) is 10.5. The standard InChI is InChI=1S/C28H46N8O.2C2H6/c1-5-35(6-2)24-16-15-22(18-25(24)37)31-28-33-26(29-19-23-12-9-17-36(23)7-3)32-27(34-28)30-21-11-8-10-20(4)13-14-21;2*1-2/h15-16,18,20-21,23,37H,5-14,17,19H2,1-4H3,(H3,29,30,31,32,33,34);2*1-2H3. The van der Waals surface area contributed by atoms with Crippen LogP contribution in [0.1, 0.15) is 100 Å². The average molecular weight is 571 g/mol. The number of rotatable bonds is 11. The molecule has 2 heterocycles. The van der Waals surface area contributed by atoms with Crippen LogP contribution in [0.25, 0.3) is 0 Å². The predicted molar refractivity (Wildman–Crippen MR) is 176 cm³/mol. The van der Waals surface area contributed by atoms with E-state index in [2.05, 4.69) is 58.4 Å². The summed E-state index contributed by atoms with van der Waals surface area (Å²) in [6, 6.07) is 6.51. The summed E-state index contributed by atoms with van der Waals surface area (Å²) in [6.07, 6.45) is 8.45. The highest BCUT2D eigenvalue weighted by Crippen LogP contribution is 2.31. The number of phenolic OH excluding ortho intramolecular Hbond substituents is 1. The van der Waals surface area contributed by atoms with Crippen LogP contribution in [0.4, 0.5) is 29.2 Å². The molecule has 0 spiro atoms. The maximum absolute atomic E-state index is 10.7. The number of nitrogens with one attached hydrogen (secondary N) is 3. The van der Waals surface area contributed by atoms with Gasteiger partial charge in [0.05, 0.1) is 5.69 Å². The quantitative estimate of drug-likeness (QED) is 0.205. The molecule has 9 nitrogen and oxygen atoms in total. The molecule has 1 aromatic carbocycles. The van der Waals surface area contributed by atoms with E-state index in [1.165, 1.54) is 32.1 Å². The summed E-state index contributed by atoms with van der Waals surface area (Å²) in [5.74, 6) is 2.67. The second-order valence-corrected chi connectivity index (χ2v) is 10.6. The number of hydrogen-bond acceptors (Lipinski definition) is 9. The van der Waals surface area contributed by atoms with Crippen molar-refractivity contribution < 1.29 is 5.11 Å². The van der Waals surface area contributed by atoms with Gasteiger partial charge < -0.3 is 26.0 Å². The molecule has 0 bridgehead atoms. The highest BCUT2D eigenvalue weighted by molar-refractivity contribution is 5.67. The number of likely N-dealkylation sites (N-methyl/N-ethyl adjacent to an activating group) is 1. The van der Waals surface area contributed by atoms with Gasteiger partial charge in [0, 0.05) is 43.5 Å². The summed E-state index contributed by atoms with van der Waals surface area (Å²) in [5, 5.41) is 21.0. The molecule has 1 aromatic heterocycles. The molecule has 4 N–H and O–H groups in total. The van der Waals surface area contributed by atoms with Gasteiger partial charge in [0.2, 0.25) is 17.8 Å². The van der Waals surface area contributed by atoms with Crippen molar-refractivity contribution in [2.75, 3.05) is 53.6 Å². The van der Waals surface area contributed by atoms with E-state index >= 15 is 0 Å². The molecule has 0 radical (unpaired) electrons. The molecule has 1 saturated carbocycles. The van der Waals surface area contributed by atoms with Crippen LogP contribution in [0.15, 0.2) is 18.2 Å². The molecule has 1 aliphatic heterocycles. The SMILES string of the molecule is CC.CC.CCN(CC)c1ccc(Nc2nc(NCC3CCCN3CC)nc(NC3CCCC(C)CC3)n2)cc1O. The molecule has 3 unspecified atom stereocenters. The Kier molecular flexibility index (Phi) is 15.6. The fourth-order valence-electron chi connectivity index (χ4n) is 5.70. The summed E-state index contributed by atoms with van der Waals surface area (Å²) in [6.45, 7) is 21.5. The van der Waals surface area contributed by atoms with Crippen LogP contribution in [-0.2, 0) is 0 Å². The summed E-state index contributed by atoms with van der Waals surface area (Å²) < 4.78 is 0. The molecule has 2 fully saturated rings. The number of benzene rings is 1. The molecule has 9 heteroatoms. The minimum absolute atomic E-state index is 0.243. The number of anilines is 5. The van der Waals surface area contributed by atoms with Gasteiger partial charge in [-0.05, 0) is 77.1 Å². The van der Waals surface area contributed by atoms with Crippen molar-refractivity contribution in [2.45, 2.75) is 112 Å². The minimum Gasteiger partial charge on any atom is -0.506 e. The molecule has 2 aromatic rings. The first-order chi connectivity index (χ1) is 20.0. The first kappa shape index (κ1) is 34.4. The number of aromatic hydroxyl groups is 1. The Bertz CT molecular complexity index is 1000. The lowest BCUT2D eigenvalue weighted by atomic mass is 10.0. The smallest absolute Gasteiger partial charge is 0.233 e. The number of aromatic nitrogens is 3. The first-order valence-electron chi connectivity index (χ1n) is 16.3. The number of likely N-dealkylation sites (tertiary alicyclic amines) is 1. The second kappa shape index (κ2) is 18.6. The molecule has 2 aliphatic rings. The predicted octanol–water partition coefficient (Wildman–Crippen LogP) is 7.50. The molecule has 0 amide bonds. The van der Waals surface area contributed by atoms with Crippen molar-refractivity contribution >= 4 is 29.2 Å². The maximum Gasteiger partial charge on any atom is 0.233 e. The van der Waals surface area contributed by atoms with Crippen molar-refractivity contribution in [1.29, 1.82) is 0 Å². The third-order valence-corrected chi connectivity index (χ3v) is 7.96. The van der Waals surface area contributed by atoms with E-state index in [0.29, 0.717) is 29.9 Å². The van der Waals surface area contributed by atoms with Crippen LogP contribution in [0.5, 0.6) is 5.75 Å². The summed E-state index contributed by atoms with van der Waals surface area (Å²) in [7, 11) is 0. The Hall–Kier alpha value is -2.81. The van der Waals surface area contributed by atoms with Gasteiger partial charge in [-0.25, -0.2) is 0 Å². The summed E-state index contributed by atoms with van der Waals surface area (Å²) >= 11 is 0. The van der Waals surface area contributed by atoms with Gasteiger partial charge in [-0.1, -0.05) is 54.4 Å². The first-order valence-corrected chi connectivity index (χ1v) is 16.3. The van der Waals surface area contributed by atoms with Gasteiger partial charge in [0.1, 0.15) is 5.75 Å². The van der Waals surface area contributed by atoms with Crippen LogP contribution in [0.3, 0.4) is 0 Å². The van der Waals surface area contributed by atoms with Crippen LogP contribution in [0, 0.1) is 5.92 Å². The largest absolute Gasteiger partial charge is 0.506 e. The van der Waals surface area contributed by atoms with Crippen LogP contribution < -0.4 is 20.9 Å². The van der Waals surface area contributed by atoms with Crippen molar-refractivity contribution in [3.05, 3.63) is 18.2 Å². The monoisotopic (exact) mass is 570 g/mol. The lowest BCUT2D eigenvalue weighted by molar-refractivity contribution is 0.277. The molecule has 1 aliphatic carbocycles. The molecule has 1 saturated heterocycles. The second-order valence-electron chi connectivity index (χ2n) is 10.6. The Labute approximate surface area is 250 Å². The number of nitrogens with zero attached hydrogens (tertiary/aromatic N) is 5. The zero-order valence-electron chi connectivity index (χ0n) is 27.1. The van der Waals surface area contributed by atoms with E-state index in [-0.39, 0.29) is 5.75 Å². The Morgan fingerprint density at radius 1 is 0.878 bits per heavy atom. The maximum atomic E-state index is 10.7. The third-order valence-electron chi connectivity index (χ3n) is 7.96. The Morgan fingerprint density at radius 3 is 2.27 bits per heavy atom. The van der Waals surface area contributed by atoms with Crippen molar-refractivity contribution in [3.63, 3.8) is 0 Å². The fraction of sp³-hybridized carbons (Fsp3) is 0.719. The average Bonchev–Trinajstić information content (AvgIpc) is 3.36. The van der Waals surface area contributed by atoms with Crippen LogP contribution >= 0.6 is 0 Å². The number of phenols is 1. The lowest BCUT2D eigenvalue weighted by Crippen LogP contribution is -2.35. The van der Waals surface area contributed by atoms with Gasteiger partial charge in [0.15, 0.2) is 0 Å². The van der Waals surface area contributed by atoms with Gasteiger partial charge in [-0.2, -0.15) is 15.0 Å². The van der Waals surface area contributed by atoms with E-state index < -0.39 is 0 Å². The molecule has 41 heavy (non-hydrogen) atoms. The van der Waals surface area contributed by atoms with Gasteiger partial charge in [-0.3, -0.25) is 4.90 Å². The van der Waals surface area contributed by atoms with Crippen LogP contribution in [0.2, 0.25) is 0 Å². The van der Waals surface area contributed by atoms with Crippen molar-refractivity contribution in [2.24, 2.45) is 5.92 Å². The highest BCUT2D eigenvalue weighted by Gasteiger charge is 2.23. The van der Waals surface area contributed by atoms with Crippen molar-refractivity contribution in [3.8, 4) is 5.75 Å². The Balaban J connectivity index is 0.00000141. The molecular weight excluding hydrogens is 512 g/mol. The normalized spacial score (nSPS) is 20.5. The minimum atomic E-state index is 0.243. The summed E-state index contributed by atoms with van der Waals surface area (Å²) in [5.41, 5.74) is 1.57. The molecular formula is C32H58N8O. The highest BCUT2D eigenvalue weighted by atomic mass is 16.3. The van der Waals surface area contributed by atoms with E-state index in [1.807, 2.05) is 39.8 Å². The summed E-state index contributed by atoms with van der Waals surface area (Å²) in [4.78, 5) is 18.8. The van der Waals surface area contributed by atoms with E-state index in [4.69, 9.17) is 9.97 Å². The van der Waals surface area contributed by atoms with Gasteiger partial charge >= 0.3 is 0 Å². The molecule has 232 valence electrons. The van der Waals surface area contributed by atoms with E-state index in [9.17, 15) is 5.11 Å². The Morgan fingerprint density at radius 2 is 1.59 bits per heavy atom. The fourth-order valence-corrected chi connectivity index (χ4v) is 5.70. The van der Waals surface area contributed by atoms with E-state index in [1.54, 1.807) is 6.07 Å². The zero-order chi connectivity index (χ0) is 30.2. The van der Waals surface area contributed by atoms with Gasteiger partial charge in [0.25, 0.3) is 0 Å². The van der Waals surface area contributed by atoms with Gasteiger partial charge in [-0.15, -0.1) is 0 Å². The molecule has 4 rings (SSSR count). The topological polar surface area (TPSA) is 101 Å². The number of hydrogen-bond donors (Lipinski definition) is 4. The lowest BCUT2D eigenvalue weighted by Gasteiger charge is -2.23. The van der Waals surface area contributed by atoms with Crippen LogP contribution in [-0.4, -0.2) is 69.8 Å².